The van der Waals surface area contributed by atoms with E-state index in [-0.39, 0.29) is 13.1 Å². The van der Waals surface area contributed by atoms with Crippen LogP contribution in [0.5, 0.6) is 0 Å². The zero-order valence-corrected chi connectivity index (χ0v) is 17.6. The van der Waals surface area contributed by atoms with Crippen LogP contribution < -0.4 is 13.1 Å². The molecule has 3 aromatic rings. The predicted octanol–water partition coefficient (Wildman–Crippen LogP) is 5.14. The predicted molar refractivity (Wildman–Crippen MR) is 99.7 cm³/mol. The fourth-order valence-electron chi connectivity index (χ4n) is 3.03. The Morgan fingerprint density at radius 1 is 0.406 bits per heavy atom. The van der Waals surface area contributed by atoms with E-state index in [1.807, 2.05) is 0 Å². The topological polar surface area (TPSA) is 17.1 Å². The quantitative estimate of drug-likeness (QED) is 0.342. The van der Waals surface area contributed by atoms with Crippen molar-refractivity contribution in [2.45, 2.75) is 18.5 Å². The second-order valence-electron chi connectivity index (χ2n) is 6.74. The standard InChI is InChI=1S/C21H12AsF9O/c23-19(24,25)13-1-7-16(8-2-13)22(32,17-9-3-14(4-10-17)20(26,27)28)18-11-5-15(6-12-18)21(29,30)31/h1-12H. The second-order valence-corrected chi connectivity index (χ2v) is 12.6. The molecule has 0 bridgehead atoms. The van der Waals surface area contributed by atoms with Crippen molar-refractivity contribution in [2.24, 2.45) is 0 Å². The number of rotatable bonds is 3. The van der Waals surface area contributed by atoms with Gasteiger partial charge in [0.15, 0.2) is 0 Å². The van der Waals surface area contributed by atoms with Gasteiger partial charge in [0, 0.05) is 0 Å². The molecule has 0 N–H and O–H groups in total. The molecule has 3 rings (SSSR count). The van der Waals surface area contributed by atoms with Gasteiger partial charge in [-0.2, -0.15) is 0 Å². The first-order valence-corrected chi connectivity index (χ1v) is 12.3. The first-order valence-electron chi connectivity index (χ1n) is 8.77. The molecule has 1 nitrogen and oxygen atoms in total. The Balaban J connectivity index is 2.18. The van der Waals surface area contributed by atoms with Crippen LogP contribution in [0.4, 0.5) is 39.5 Å². The molecule has 0 heterocycles. The van der Waals surface area contributed by atoms with Crippen LogP contribution in [0.3, 0.4) is 0 Å². The van der Waals surface area contributed by atoms with Crippen LogP contribution in [0.15, 0.2) is 72.8 Å². The molecule has 0 aliphatic heterocycles. The average molecular weight is 526 g/mol. The molecule has 0 unspecified atom stereocenters. The Bertz CT molecular complexity index is 979. The summed E-state index contributed by atoms with van der Waals surface area (Å²) in [6, 6.07) is 9.56. The molecule has 0 atom stereocenters. The van der Waals surface area contributed by atoms with Gasteiger partial charge in [-0.15, -0.1) is 0 Å². The summed E-state index contributed by atoms with van der Waals surface area (Å²) in [6.07, 6.45) is -14.0. The summed E-state index contributed by atoms with van der Waals surface area (Å²) in [4.78, 5) is 0. The van der Waals surface area contributed by atoms with E-state index in [4.69, 9.17) is 0 Å². The number of hydrogen-bond donors (Lipinski definition) is 0. The van der Waals surface area contributed by atoms with Gasteiger partial charge in [-0.1, -0.05) is 0 Å². The average Bonchev–Trinajstić information content (AvgIpc) is 2.71. The number of alkyl halides is 9. The van der Waals surface area contributed by atoms with Crippen molar-refractivity contribution >= 4 is 26.5 Å². The maximum atomic E-state index is 14.1. The van der Waals surface area contributed by atoms with Crippen LogP contribution in [0, 0.1) is 0 Å². The van der Waals surface area contributed by atoms with Crippen molar-refractivity contribution in [1.29, 1.82) is 0 Å². The van der Waals surface area contributed by atoms with Crippen LogP contribution in [0.2, 0.25) is 0 Å². The fourth-order valence-corrected chi connectivity index (χ4v) is 8.49. The molecule has 170 valence electrons. The summed E-state index contributed by atoms with van der Waals surface area (Å²) in [6.45, 7) is 0. The Labute approximate surface area is 178 Å². The van der Waals surface area contributed by atoms with Crippen LogP contribution in [0.1, 0.15) is 16.7 Å². The van der Waals surface area contributed by atoms with E-state index in [1.165, 1.54) is 0 Å². The van der Waals surface area contributed by atoms with Gasteiger partial charge in [-0.3, -0.25) is 0 Å². The molecule has 0 aliphatic carbocycles. The third kappa shape index (κ3) is 4.75. The summed E-state index contributed by atoms with van der Waals surface area (Å²) in [5.74, 6) is 0. The van der Waals surface area contributed by atoms with E-state index < -0.39 is 48.7 Å². The fraction of sp³-hybridized carbons (Fsp3) is 0.143. The zero-order valence-electron chi connectivity index (χ0n) is 15.7. The van der Waals surface area contributed by atoms with Gasteiger partial charge in [0.2, 0.25) is 0 Å². The Morgan fingerprint density at radius 2 is 0.594 bits per heavy atom. The molecule has 0 saturated carbocycles. The summed E-state index contributed by atoms with van der Waals surface area (Å²) in [7, 11) is 0. The molecule has 0 spiro atoms. The molecular weight excluding hydrogens is 514 g/mol. The minimum atomic E-state index is -4.93. The second kappa shape index (κ2) is 8.06. The Kier molecular flexibility index (Phi) is 6.06. The summed E-state index contributed by atoms with van der Waals surface area (Å²) in [5.41, 5.74) is -3.12. The maximum absolute atomic E-state index is 14.1. The van der Waals surface area contributed by atoms with Gasteiger partial charge in [-0.05, 0) is 0 Å². The number of benzene rings is 3. The molecule has 0 fully saturated rings. The Morgan fingerprint density at radius 3 is 0.750 bits per heavy atom. The molecule has 0 radical (unpaired) electrons. The van der Waals surface area contributed by atoms with Gasteiger partial charge in [0.05, 0.1) is 0 Å². The monoisotopic (exact) mass is 526 g/mol. The van der Waals surface area contributed by atoms with Crippen LogP contribution in [-0.2, 0) is 22.3 Å². The van der Waals surface area contributed by atoms with Crippen LogP contribution in [-0.4, -0.2) is 13.5 Å². The van der Waals surface area contributed by atoms with Gasteiger partial charge >= 0.3 is 178 Å². The molecule has 3 aromatic carbocycles. The molecule has 0 aromatic heterocycles. The van der Waals surface area contributed by atoms with Gasteiger partial charge in [0.25, 0.3) is 0 Å². The van der Waals surface area contributed by atoms with Crippen LogP contribution >= 0.6 is 0 Å². The summed E-state index contributed by atoms with van der Waals surface area (Å²) < 4.78 is 130. The third-order valence-corrected chi connectivity index (χ3v) is 11.1. The van der Waals surface area contributed by atoms with E-state index in [2.05, 4.69) is 0 Å². The van der Waals surface area contributed by atoms with Gasteiger partial charge in [-0.25, -0.2) is 0 Å². The third-order valence-electron chi connectivity index (χ3n) is 4.67. The van der Waals surface area contributed by atoms with E-state index in [0.717, 1.165) is 36.4 Å². The van der Waals surface area contributed by atoms with E-state index in [9.17, 15) is 43.3 Å². The molecule has 0 saturated heterocycles. The molecule has 0 aliphatic rings. The first kappa shape index (κ1) is 24.0. The zero-order chi connectivity index (χ0) is 23.9. The molecule has 32 heavy (non-hydrogen) atoms. The van der Waals surface area contributed by atoms with E-state index >= 15 is 0 Å². The SMILES string of the molecule is O=[As](c1ccc(C(F)(F)F)cc1)(c1ccc(C(F)(F)F)cc1)c1ccc(C(F)(F)F)cc1. The minimum absolute atomic E-state index is 0.115. The van der Waals surface area contributed by atoms with Gasteiger partial charge in [0.1, 0.15) is 0 Å². The van der Waals surface area contributed by atoms with Crippen molar-refractivity contribution in [3.8, 4) is 0 Å². The molecule has 0 amide bonds. The number of hydrogen-bond acceptors (Lipinski definition) is 1. The van der Waals surface area contributed by atoms with Crippen molar-refractivity contribution in [2.75, 3.05) is 0 Å². The van der Waals surface area contributed by atoms with Gasteiger partial charge < -0.3 is 0 Å². The van der Waals surface area contributed by atoms with E-state index in [1.54, 1.807) is 0 Å². The summed E-state index contributed by atoms with van der Waals surface area (Å²) >= 11 is -4.93. The number of halogens is 9. The normalized spacial score (nSPS) is 13.3. The van der Waals surface area contributed by atoms with Crippen molar-refractivity contribution in [1.82, 2.24) is 0 Å². The molecule has 11 heteroatoms. The Hall–Kier alpha value is -2.61. The first-order chi connectivity index (χ1) is 14.6. The molecular formula is C21H12AsF9O. The van der Waals surface area contributed by atoms with Crippen molar-refractivity contribution in [3.63, 3.8) is 0 Å². The van der Waals surface area contributed by atoms with Crippen molar-refractivity contribution in [3.05, 3.63) is 89.5 Å². The van der Waals surface area contributed by atoms with E-state index in [0.29, 0.717) is 36.4 Å². The van der Waals surface area contributed by atoms with Crippen molar-refractivity contribution < 1.29 is 43.3 Å². The van der Waals surface area contributed by atoms with Crippen LogP contribution in [0.25, 0.3) is 0 Å². The summed E-state index contributed by atoms with van der Waals surface area (Å²) in [5, 5.41) is 0.